The van der Waals surface area contributed by atoms with Gasteiger partial charge in [0.25, 0.3) is 0 Å². The summed E-state index contributed by atoms with van der Waals surface area (Å²) in [4.78, 5) is 16.9. The van der Waals surface area contributed by atoms with Crippen LogP contribution in [0.3, 0.4) is 0 Å². The number of hydrogen-bond acceptors (Lipinski definition) is 6. The lowest BCUT2D eigenvalue weighted by molar-refractivity contribution is 0.351. The Morgan fingerprint density at radius 3 is 2.72 bits per heavy atom. The maximum absolute atomic E-state index is 12.1. The van der Waals surface area contributed by atoms with E-state index in [1.807, 2.05) is 7.05 Å². The Kier molecular flexibility index (Phi) is 3.42. The number of phenolic OH excluding ortho intramolecular Hbond substituents is 2. The fourth-order valence-corrected chi connectivity index (χ4v) is 3.74. The van der Waals surface area contributed by atoms with E-state index in [0.717, 1.165) is 10.8 Å². The summed E-state index contributed by atoms with van der Waals surface area (Å²) in [5.41, 5.74) is 3.88. The van der Waals surface area contributed by atoms with Gasteiger partial charge in [-0.2, -0.15) is 0 Å². The molecule has 5 rings (SSSR count). The Labute approximate surface area is 163 Å². The van der Waals surface area contributed by atoms with Crippen LogP contribution in [0.1, 0.15) is 5.56 Å². The van der Waals surface area contributed by atoms with Crippen LogP contribution in [-0.4, -0.2) is 32.1 Å². The topological polar surface area (TPSA) is 114 Å². The number of aromatic amines is 1. The van der Waals surface area contributed by atoms with Crippen LogP contribution >= 0.6 is 0 Å². The number of nitrogens with zero attached hydrogens (tertiary/aromatic N) is 2. The Hall–Kier alpha value is -3.94. The van der Waals surface area contributed by atoms with Crippen LogP contribution < -0.4 is 10.2 Å². The number of H-pyrrole nitrogens is 1. The number of benzene rings is 2. The standard InChI is InChI=1S/C21H17N3O5/c1-9-13(25)5-4-11-17-20(29-19(9)11)16(12-8-22-24(2)21(12)23-17)10-6-14(26)18(27)15(7-10)28-3/h4-8,22,26-27H,1-3H3. The van der Waals surface area contributed by atoms with E-state index in [-0.39, 0.29) is 22.7 Å². The number of aryl methyl sites for hydroxylation is 2. The molecule has 5 aromatic rings. The average molecular weight is 391 g/mol. The van der Waals surface area contributed by atoms with Gasteiger partial charge in [-0.3, -0.25) is 9.48 Å². The summed E-state index contributed by atoms with van der Waals surface area (Å²) < 4.78 is 13.1. The molecule has 0 aliphatic rings. The summed E-state index contributed by atoms with van der Waals surface area (Å²) in [6, 6.07) is 6.28. The van der Waals surface area contributed by atoms with E-state index in [9.17, 15) is 15.0 Å². The third kappa shape index (κ3) is 2.25. The number of rotatable bonds is 2. The second kappa shape index (κ2) is 5.78. The number of methoxy groups -OCH3 is 1. The van der Waals surface area contributed by atoms with Gasteiger partial charge in [-0.1, -0.05) is 0 Å². The molecule has 0 radical (unpaired) electrons. The van der Waals surface area contributed by atoms with Gasteiger partial charge in [-0.05, 0) is 36.8 Å². The normalized spacial score (nSPS) is 11.7. The van der Waals surface area contributed by atoms with E-state index in [4.69, 9.17) is 14.1 Å². The largest absolute Gasteiger partial charge is 0.504 e. The number of fused-ring (bicyclic) bond motifs is 4. The zero-order valence-corrected chi connectivity index (χ0v) is 15.9. The van der Waals surface area contributed by atoms with Gasteiger partial charge in [0.1, 0.15) is 11.1 Å². The Bertz CT molecular complexity index is 1510. The highest BCUT2D eigenvalue weighted by molar-refractivity contribution is 6.15. The van der Waals surface area contributed by atoms with Crippen LogP contribution in [0.15, 0.2) is 39.7 Å². The molecule has 0 aliphatic heterocycles. The summed E-state index contributed by atoms with van der Waals surface area (Å²) >= 11 is 0. The first-order valence-electron chi connectivity index (χ1n) is 8.91. The number of aromatic nitrogens is 3. The highest BCUT2D eigenvalue weighted by atomic mass is 16.5. The van der Waals surface area contributed by atoms with Crippen molar-refractivity contribution >= 4 is 33.1 Å². The number of aromatic hydroxyl groups is 2. The molecule has 0 saturated carbocycles. The molecule has 0 unspecified atom stereocenters. The lowest BCUT2D eigenvalue weighted by Gasteiger charge is -2.10. The fraction of sp³-hybridized carbons (Fsp3) is 0.143. The fourth-order valence-electron chi connectivity index (χ4n) is 3.74. The molecule has 29 heavy (non-hydrogen) atoms. The van der Waals surface area contributed by atoms with Gasteiger partial charge in [0.15, 0.2) is 28.2 Å². The van der Waals surface area contributed by atoms with E-state index < -0.39 is 0 Å². The minimum atomic E-state index is -0.339. The maximum atomic E-state index is 12.1. The van der Waals surface area contributed by atoms with E-state index in [2.05, 4.69) is 5.10 Å². The lowest BCUT2D eigenvalue weighted by Crippen LogP contribution is -2.01. The van der Waals surface area contributed by atoms with Crippen molar-refractivity contribution < 1.29 is 19.4 Å². The lowest BCUT2D eigenvalue weighted by atomic mass is 10.0. The molecule has 8 heteroatoms. The monoisotopic (exact) mass is 391 g/mol. The molecule has 0 saturated heterocycles. The molecule has 8 nitrogen and oxygen atoms in total. The minimum absolute atomic E-state index is 0.111. The van der Waals surface area contributed by atoms with Crippen molar-refractivity contribution in [1.82, 2.24) is 14.8 Å². The number of ether oxygens (including phenoxy) is 1. The number of hydrogen-bond donors (Lipinski definition) is 3. The van der Waals surface area contributed by atoms with Crippen LogP contribution in [0.2, 0.25) is 0 Å². The molecular formula is C21H17N3O5. The van der Waals surface area contributed by atoms with Crippen molar-refractivity contribution in [2.75, 3.05) is 7.11 Å². The molecule has 3 aromatic heterocycles. The molecular weight excluding hydrogens is 374 g/mol. The Balaban J connectivity index is 2.02. The van der Waals surface area contributed by atoms with Crippen molar-refractivity contribution in [2.45, 2.75) is 6.92 Å². The number of pyridine rings is 1. The van der Waals surface area contributed by atoms with E-state index >= 15 is 0 Å². The van der Waals surface area contributed by atoms with Crippen molar-refractivity contribution in [3.8, 4) is 28.4 Å². The van der Waals surface area contributed by atoms with Crippen LogP contribution in [0.4, 0.5) is 0 Å². The molecule has 2 aromatic carbocycles. The summed E-state index contributed by atoms with van der Waals surface area (Å²) in [6.45, 7) is 1.72. The molecule has 3 heterocycles. The zero-order valence-electron chi connectivity index (χ0n) is 15.9. The van der Waals surface area contributed by atoms with Gasteiger partial charge in [0, 0.05) is 35.1 Å². The summed E-state index contributed by atoms with van der Waals surface area (Å²) in [5, 5.41) is 24.8. The smallest absolute Gasteiger partial charge is 0.200 e. The first-order chi connectivity index (χ1) is 13.9. The van der Waals surface area contributed by atoms with Crippen LogP contribution in [0, 0.1) is 6.92 Å². The third-order valence-corrected chi connectivity index (χ3v) is 5.27. The average Bonchev–Trinajstić information content (AvgIpc) is 3.26. The summed E-state index contributed by atoms with van der Waals surface area (Å²) in [6.07, 6.45) is 1.78. The Morgan fingerprint density at radius 1 is 1.17 bits per heavy atom. The van der Waals surface area contributed by atoms with Gasteiger partial charge in [-0.15, -0.1) is 0 Å². The molecule has 0 fully saturated rings. The maximum Gasteiger partial charge on any atom is 0.200 e. The van der Waals surface area contributed by atoms with Gasteiger partial charge in [-0.25, -0.2) is 4.98 Å². The zero-order chi connectivity index (χ0) is 20.4. The molecule has 0 spiro atoms. The first kappa shape index (κ1) is 17.2. The van der Waals surface area contributed by atoms with Crippen molar-refractivity contribution in [1.29, 1.82) is 0 Å². The van der Waals surface area contributed by atoms with Gasteiger partial charge in [0.05, 0.1) is 7.11 Å². The van der Waals surface area contributed by atoms with Gasteiger partial charge < -0.3 is 24.5 Å². The van der Waals surface area contributed by atoms with E-state index in [1.54, 1.807) is 29.9 Å². The van der Waals surface area contributed by atoms with Crippen LogP contribution in [0.5, 0.6) is 17.2 Å². The molecule has 146 valence electrons. The van der Waals surface area contributed by atoms with Gasteiger partial charge >= 0.3 is 0 Å². The molecule has 0 amide bonds. The first-order valence-corrected chi connectivity index (χ1v) is 8.91. The quantitative estimate of drug-likeness (QED) is 0.397. The van der Waals surface area contributed by atoms with E-state index in [0.29, 0.717) is 39.0 Å². The third-order valence-electron chi connectivity index (χ3n) is 5.27. The highest BCUT2D eigenvalue weighted by Crippen LogP contribution is 2.44. The predicted octanol–water partition coefficient (Wildman–Crippen LogP) is 3.56. The Morgan fingerprint density at radius 2 is 1.97 bits per heavy atom. The van der Waals surface area contributed by atoms with Crippen LogP contribution in [-0.2, 0) is 7.05 Å². The summed E-state index contributed by atoms with van der Waals surface area (Å²) in [5.74, 6) is -0.521. The molecule has 0 aliphatic carbocycles. The second-order valence-corrected chi connectivity index (χ2v) is 6.95. The van der Waals surface area contributed by atoms with Crippen molar-refractivity contribution in [3.63, 3.8) is 0 Å². The minimum Gasteiger partial charge on any atom is -0.504 e. The number of phenols is 2. The SMILES string of the molecule is COc1cc(-c2c3c[nH]n(C)c3nc3c2oc2c(C)c(=O)ccc23)cc(O)c1O. The van der Waals surface area contributed by atoms with Crippen LogP contribution in [0.25, 0.3) is 44.2 Å². The van der Waals surface area contributed by atoms with Crippen molar-refractivity contribution in [2.24, 2.45) is 7.05 Å². The van der Waals surface area contributed by atoms with Crippen molar-refractivity contribution in [3.05, 3.63) is 46.2 Å². The molecule has 0 atom stereocenters. The highest BCUT2D eigenvalue weighted by Gasteiger charge is 2.22. The number of nitrogens with one attached hydrogen (secondary N) is 1. The predicted molar refractivity (Wildman–Crippen MR) is 109 cm³/mol. The molecule has 0 bridgehead atoms. The second-order valence-electron chi connectivity index (χ2n) is 6.95. The van der Waals surface area contributed by atoms with E-state index in [1.165, 1.54) is 19.2 Å². The number of furan rings is 1. The molecule has 3 N–H and O–H groups in total. The summed E-state index contributed by atoms with van der Waals surface area (Å²) in [7, 11) is 3.25. The van der Waals surface area contributed by atoms with Gasteiger partial charge in [0.2, 0.25) is 5.75 Å².